The van der Waals surface area contributed by atoms with Gasteiger partial charge in [0.25, 0.3) is 0 Å². The molecule has 0 amide bonds. The molecule has 1 aromatic rings. The first-order valence-electron chi connectivity index (χ1n) is 4.66. The van der Waals surface area contributed by atoms with Gasteiger partial charge >= 0.3 is 0 Å². The lowest BCUT2D eigenvalue weighted by Crippen LogP contribution is -2.24. The van der Waals surface area contributed by atoms with Gasteiger partial charge in [-0.05, 0) is 18.9 Å². The predicted molar refractivity (Wildman–Crippen MR) is 49.2 cm³/mol. The first kappa shape index (κ1) is 8.72. The van der Waals surface area contributed by atoms with Gasteiger partial charge in [-0.3, -0.25) is 4.68 Å². The highest BCUT2D eigenvalue weighted by Crippen LogP contribution is 2.19. The van der Waals surface area contributed by atoms with E-state index >= 15 is 0 Å². The van der Waals surface area contributed by atoms with Gasteiger partial charge in [-0.1, -0.05) is 0 Å². The van der Waals surface area contributed by atoms with Gasteiger partial charge in [0.15, 0.2) is 0 Å². The molecule has 0 aromatic carbocycles. The molecule has 72 valence electrons. The molecule has 1 saturated carbocycles. The Hall–Kier alpha value is -0.870. The van der Waals surface area contributed by atoms with E-state index in [9.17, 15) is 5.11 Å². The van der Waals surface area contributed by atoms with Crippen LogP contribution in [-0.4, -0.2) is 27.5 Å². The summed E-state index contributed by atoms with van der Waals surface area (Å²) in [5.74, 6) is 0. The first-order chi connectivity index (χ1) is 6.27. The molecule has 0 saturated heterocycles. The SMILES string of the molecule is Cn1nccc1C(O)CNC1CC1. The number of hydrogen-bond acceptors (Lipinski definition) is 3. The van der Waals surface area contributed by atoms with Crippen LogP contribution in [0.4, 0.5) is 0 Å². The van der Waals surface area contributed by atoms with Crippen molar-refractivity contribution in [2.45, 2.75) is 25.0 Å². The monoisotopic (exact) mass is 181 g/mol. The maximum absolute atomic E-state index is 9.74. The lowest BCUT2D eigenvalue weighted by Gasteiger charge is -2.11. The van der Waals surface area contributed by atoms with Crippen LogP contribution in [0.25, 0.3) is 0 Å². The van der Waals surface area contributed by atoms with E-state index in [0.29, 0.717) is 12.6 Å². The van der Waals surface area contributed by atoms with Gasteiger partial charge in [0.1, 0.15) is 6.10 Å². The number of aliphatic hydroxyl groups is 1. The maximum atomic E-state index is 9.74. The van der Waals surface area contributed by atoms with Gasteiger partial charge in [0.2, 0.25) is 0 Å². The summed E-state index contributed by atoms with van der Waals surface area (Å²) in [5, 5.41) is 17.0. The number of nitrogens with zero attached hydrogens (tertiary/aromatic N) is 2. The number of aromatic nitrogens is 2. The third kappa shape index (κ3) is 2.08. The highest BCUT2D eigenvalue weighted by molar-refractivity contribution is 5.04. The molecule has 1 heterocycles. The topological polar surface area (TPSA) is 50.1 Å². The van der Waals surface area contributed by atoms with Crippen LogP contribution in [-0.2, 0) is 7.05 Å². The minimum absolute atomic E-state index is 0.437. The number of hydrogen-bond donors (Lipinski definition) is 2. The Labute approximate surface area is 77.6 Å². The Kier molecular flexibility index (Phi) is 2.33. The van der Waals surface area contributed by atoms with Crippen molar-refractivity contribution in [2.24, 2.45) is 7.05 Å². The summed E-state index contributed by atoms with van der Waals surface area (Å²) in [4.78, 5) is 0. The standard InChI is InChI=1S/C9H15N3O/c1-12-8(4-5-11-12)9(13)6-10-7-2-3-7/h4-5,7,9-10,13H,2-3,6H2,1H3. The van der Waals surface area contributed by atoms with E-state index < -0.39 is 6.10 Å². The lowest BCUT2D eigenvalue weighted by molar-refractivity contribution is 0.164. The molecular weight excluding hydrogens is 166 g/mol. The molecule has 1 aromatic heterocycles. The fourth-order valence-electron chi connectivity index (χ4n) is 1.38. The van der Waals surface area contributed by atoms with Gasteiger partial charge < -0.3 is 10.4 Å². The minimum atomic E-state index is -0.437. The second-order valence-corrected chi connectivity index (χ2v) is 3.58. The highest BCUT2D eigenvalue weighted by Gasteiger charge is 2.22. The summed E-state index contributed by atoms with van der Waals surface area (Å²) in [6, 6.07) is 2.49. The van der Waals surface area contributed by atoms with E-state index in [1.807, 2.05) is 13.1 Å². The molecule has 0 radical (unpaired) electrons. The van der Waals surface area contributed by atoms with Crippen molar-refractivity contribution < 1.29 is 5.11 Å². The quantitative estimate of drug-likeness (QED) is 0.698. The fraction of sp³-hybridized carbons (Fsp3) is 0.667. The van der Waals surface area contributed by atoms with Gasteiger partial charge in [0.05, 0.1) is 5.69 Å². The second-order valence-electron chi connectivity index (χ2n) is 3.58. The molecule has 2 rings (SSSR count). The number of nitrogens with one attached hydrogen (secondary N) is 1. The lowest BCUT2D eigenvalue weighted by atomic mass is 10.2. The Balaban J connectivity index is 1.88. The first-order valence-corrected chi connectivity index (χ1v) is 4.66. The normalized spacial score (nSPS) is 18.9. The maximum Gasteiger partial charge on any atom is 0.108 e. The molecule has 0 bridgehead atoms. The van der Waals surface area contributed by atoms with Crippen LogP contribution in [0.15, 0.2) is 12.3 Å². The van der Waals surface area contributed by atoms with Crippen molar-refractivity contribution >= 4 is 0 Å². The second kappa shape index (κ2) is 3.47. The molecule has 1 aliphatic carbocycles. The summed E-state index contributed by atoms with van der Waals surface area (Å²) in [6.45, 7) is 0.629. The van der Waals surface area contributed by atoms with Crippen LogP contribution in [0, 0.1) is 0 Å². The molecular formula is C9H15N3O. The molecule has 1 atom stereocenters. The summed E-state index contributed by atoms with van der Waals surface area (Å²) >= 11 is 0. The van der Waals surface area contributed by atoms with Crippen LogP contribution in [0.2, 0.25) is 0 Å². The largest absolute Gasteiger partial charge is 0.385 e. The number of aliphatic hydroxyl groups excluding tert-OH is 1. The average Bonchev–Trinajstić information content (AvgIpc) is 2.84. The van der Waals surface area contributed by atoms with Crippen LogP contribution in [0.1, 0.15) is 24.6 Å². The third-order valence-electron chi connectivity index (χ3n) is 2.38. The van der Waals surface area contributed by atoms with E-state index in [4.69, 9.17) is 0 Å². The molecule has 0 spiro atoms. The summed E-state index contributed by atoms with van der Waals surface area (Å²) in [6.07, 6.45) is 3.76. The summed E-state index contributed by atoms with van der Waals surface area (Å²) in [7, 11) is 1.84. The Morgan fingerprint density at radius 3 is 3.08 bits per heavy atom. The average molecular weight is 181 g/mol. The van der Waals surface area contributed by atoms with Crippen molar-refractivity contribution in [3.63, 3.8) is 0 Å². The van der Waals surface area contributed by atoms with E-state index in [0.717, 1.165) is 5.69 Å². The van der Waals surface area contributed by atoms with Gasteiger partial charge in [-0.2, -0.15) is 5.10 Å². The molecule has 1 aliphatic rings. The fourth-order valence-corrected chi connectivity index (χ4v) is 1.38. The number of rotatable bonds is 4. The van der Waals surface area contributed by atoms with Crippen molar-refractivity contribution in [1.29, 1.82) is 0 Å². The molecule has 4 heteroatoms. The predicted octanol–water partition coefficient (Wildman–Crippen LogP) is 0.205. The molecule has 2 N–H and O–H groups in total. The van der Waals surface area contributed by atoms with Crippen LogP contribution >= 0.6 is 0 Å². The van der Waals surface area contributed by atoms with Crippen LogP contribution in [0.5, 0.6) is 0 Å². The molecule has 1 fully saturated rings. The van der Waals surface area contributed by atoms with E-state index in [2.05, 4.69) is 10.4 Å². The molecule has 0 aliphatic heterocycles. The van der Waals surface area contributed by atoms with Crippen molar-refractivity contribution in [2.75, 3.05) is 6.54 Å². The smallest absolute Gasteiger partial charge is 0.108 e. The van der Waals surface area contributed by atoms with E-state index in [-0.39, 0.29) is 0 Å². The zero-order chi connectivity index (χ0) is 9.26. The van der Waals surface area contributed by atoms with Gasteiger partial charge in [-0.25, -0.2) is 0 Å². The van der Waals surface area contributed by atoms with Crippen molar-refractivity contribution in [1.82, 2.24) is 15.1 Å². The summed E-state index contributed by atoms with van der Waals surface area (Å²) < 4.78 is 1.71. The Bertz CT molecular complexity index is 280. The zero-order valence-corrected chi connectivity index (χ0v) is 7.77. The zero-order valence-electron chi connectivity index (χ0n) is 7.77. The Morgan fingerprint density at radius 2 is 2.54 bits per heavy atom. The van der Waals surface area contributed by atoms with Gasteiger partial charge in [-0.15, -0.1) is 0 Å². The molecule has 13 heavy (non-hydrogen) atoms. The van der Waals surface area contributed by atoms with Crippen molar-refractivity contribution in [3.05, 3.63) is 18.0 Å². The van der Waals surface area contributed by atoms with Crippen LogP contribution in [0.3, 0.4) is 0 Å². The molecule has 1 unspecified atom stereocenters. The number of aryl methyl sites for hydroxylation is 1. The third-order valence-corrected chi connectivity index (χ3v) is 2.38. The van der Waals surface area contributed by atoms with Crippen molar-refractivity contribution in [3.8, 4) is 0 Å². The van der Waals surface area contributed by atoms with Gasteiger partial charge in [0, 0.05) is 25.8 Å². The Morgan fingerprint density at radius 1 is 1.77 bits per heavy atom. The highest BCUT2D eigenvalue weighted by atomic mass is 16.3. The van der Waals surface area contributed by atoms with E-state index in [1.165, 1.54) is 12.8 Å². The minimum Gasteiger partial charge on any atom is -0.385 e. The van der Waals surface area contributed by atoms with Crippen LogP contribution < -0.4 is 5.32 Å². The molecule has 4 nitrogen and oxygen atoms in total. The van der Waals surface area contributed by atoms with E-state index in [1.54, 1.807) is 10.9 Å². The summed E-state index contributed by atoms with van der Waals surface area (Å²) in [5.41, 5.74) is 0.869.